The number of hydrogen-bond acceptors (Lipinski definition) is 7. The lowest BCUT2D eigenvalue weighted by Gasteiger charge is -2.17. The average Bonchev–Trinajstić information content (AvgIpc) is 3.14. The quantitative estimate of drug-likeness (QED) is 0.686. The van der Waals surface area contributed by atoms with Gasteiger partial charge in [-0.2, -0.15) is 18.2 Å². The van der Waals surface area contributed by atoms with Gasteiger partial charge in [-0.15, -0.1) is 0 Å². The van der Waals surface area contributed by atoms with E-state index < -0.39 is 33.4 Å². The van der Waals surface area contributed by atoms with Gasteiger partial charge in [0.25, 0.3) is 0 Å². The molecule has 2 aliphatic rings. The Hall–Kier alpha value is -2.89. The zero-order valence-corrected chi connectivity index (χ0v) is 15.7. The third kappa shape index (κ3) is 4.26. The largest absolute Gasteiger partial charge is 0.421 e. The third-order valence-corrected chi connectivity index (χ3v) is 6.42. The molecule has 3 N–H and O–H groups in total. The summed E-state index contributed by atoms with van der Waals surface area (Å²) in [7, 11) is -3.27. The molecule has 1 fully saturated rings. The summed E-state index contributed by atoms with van der Waals surface area (Å²) in [5.41, 5.74) is 0.866. The van der Waals surface area contributed by atoms with Gasteiger partial charge in [0, 0.05) is 23.6 Å². The monoisotopic (exact) mass is 427 g/mol. The molecule has 0 spiro atoms. The van der Waals surface area contributed by atoms with Crippen molar-refractivity contribution in [3.8, 4) is 0 Å². The number of aromatic nitrogens is 2. The fourth-order valence-electron chi connectivity index (χ4n) is 3.30. The summed E-state index contributed by atoms with van der Waals surface area (Å²) < 4.78 is 63.2. The first-order valence-corrected chi connectivity index (χ1v) is 10.5. The predicted octanol–water partition coefficient (Wildman–Crippen LogP) is 2.33. The van der Waals surface area contributed by atoms with Gasteiger partial charge in [-0.3, -0.25) is 4.79 Å². The van der Waals surface area contributed by atoms with Crippen molar-refractivity contribution in [2.75, 3.05) is 27.5 Å². The molecule has 154 valence electrons. The minimum Gasteiger partial charge on any atom is -0.366 e. The lowest BCUT2D eigenvalue weighted by atomic mass is 10.1. The van der Waals surface area contributed by atoms with E-state index in [9.17, 15) is 26.4 Å². The smallest absolute Gasteiger partial charge is 0.366 e. The van der Waals surface area contributed by atoms with E-state index in [0.29, 0.717) is 17.6 Å². The van der Waals surface area contributed by atoms with Crippen molar-refractivity contribution in [1.29, 1.82) is 0 Å². The van der Waals surface area contributed by atoms with Crippen LogP contribution in [0.2, 0.25) is 0 Å². The number of amides is 1. The normalized spacial score (nSPS) is 20.2. The number of rotatable bonds is 4. The van der Waals surface area contributed by atoms with Gasteiger partial charge in [0.15, 0.2) is 9.84 Å². The topological polar surface area (TPSA) is 113 Å². The van der Waals surface area contributed by atoms with Crippen LogP contribution in [-0.2, 0) is 27.2 Å². The van der Waals surface area contributed by atoms with Crippen molar-refractivity contribution in [1.82, 2.24) is 9.97 Å². The van der Waals surface area contributed by atoms with Gasteiger partial charge in [0.2, 0.25) is 11.9 Å². The molecule has 1 unspecified atom stereocenters. The standard InChI is InChI=1S/C17H16F3N5O3S/c18-17(19,20)12-7-21-16(25-15(12)22-11-3-4-29(27,28)8-11)23-10-1-2-13-9(5-10)6-14(26)24-13/h1-2,5,7,11H,3-4,6,8H2,(H,24,26)(H2,21,22,23,25). The fraction of sp³-hybridized carbons (Fsp3) is 0.353. The molecule has 0 aliphatic carbocycles. The molecule has 8 nitrogen and oxygen atoms in total. The number of carbonyl (C=O) groups excluding carboxylic acids is 1. The van der Waals surface area contributed by atoms with Crippen LogP contribution in [0.5, 0.6) is 0 Å². The number of anilines is 4. The summed E-state index contributed by atoms with van der Waals surface area (Å²) in [6.07, 6.45) is -3.63. The Labute approximate surface area is 163 Å². The highest BCUT2D eigenvalue weighted by Crippen LogP contribution is 2.35. The van der Waals surface area contributed by atoms with Crippen LogP contribution in [0.25, 0.3) is 0 Å². The Kier molecular flexibility index (Phi) is 4.60. The van der Waals surface area contributed by atoms with Crippen molar-refractivity contribution in [3.05, 3.63) is 35.5 Å². The van der Waals surface area contributed by atoms with Crippen LogP contribution in [0.3, 0.4) is 0 Å². The molecule has 0 bridgehead atoms. The van der Waals surface area contributed by atoms with E-state index in [0.717, 1.165) is 5.56 Å². The van der Waals surface area contributed by atoms with Crippen molar-refractivity contribution in [2.45, 2.75) is 25.1 Å². The minimum absolute atomic E-state index is 0.0793. The highest BCUT2D eigenvalue weighted by atomic mass is 32.2. The van der Waals surface area contributed by atoms with Gasteiger partial charge in [0.05, 0.1) is 17.9 Å². The number of nitrogens with one attached hydrogen (secondary N) is 3. The molecule has 1 amide bonds. The Morgan fingerprint density at radius 1 is 1.24 bits per heavy atom. The number of sulfone groups is 1. The van der Waals surface area contributed by atoms with E-state index in [1.165, 1.54) is 0 Å². The van der Waals surface area contributed by atoms with E-state index in [2.05, 4.69) is 25.9 Å². The van der Waals surface area contributed by atoms with Gasteiger partial charge < -0.3 is 16.0 Å². The number of nitrogens with zero attached hydrogens (tertiary/aromatic N) is 2. The molecule has 29 heavy (non-hydrogen) atoms. The lowest BCUT2D eigenvalue weighted by Crippen LogP contribution is -2.24. The first-order valence-electron chi connectivity index (χ1n) is 8.70. The highest BCUT2D eigenvalue weighted by molar-refractivity contribution is 7.91. The molecule has 2 aromatic rings. The van der Waals surface area contributed by atoms with Crippen molar-refractivity contribution in [3.63, 3.8) is 0 Å². The molecule has 1 saturated heterocycles. The molecule has 0 radical (unpaired) electrons. The maximum absolute atomic E-state index is 13.3. The Bertz CT molecular complexity index is 1090. The minimum atomic E-state index is -4.70. The van der Waals surface area contributed by atoms with E-state index >= 15 is 0 Å². The molecule has 12 heteroatoms. The summed E-state index contributed by atoms with van der Waals surface area (Å²) >= 11 is 0. The SMILES string of the molecule is O=C1Cc2cc(Nc3ncc(C(F)(F)F)c(NC4CCS(=O)(=O)C4)n3)ccc2N1. The van der Waals surface area contributed by atoms with Crippen LogP contribution in [0, 0.1) is 0 Å². The van der Waals surface area contributed by atoms with E-state index in [4.69, 9.17) is 0 Å². The third-order valence-electron chi connectivity index (χ3n) is 4.65. The Morgan fingerprint density at radius 3 is 2.72 bits per heavy atom. The summed E-state index contributed by atoms with van der Waals surface area (Å²) in [5.74, 6) is -1.03. The number of carbonyl (C=O) groups is 1. The molecular weight excluding hydrogens is 411 g/mol. The van der Waals surface area contributed by atoms with Crippen molar-refractivity contribution in [2.24, 2.45) is 0 Å². The van der Waals surface area contributed by atoms with Crippen LogP contribution in [0.4, 0.5) is 36.3 Å². The van der Waals surface area contributed by atoms with Crippen molar-refractivity contribution >= 4 is 38.9 Å². The van der Waals surface area contributed by atoms with Crippen LogP contribution in [0.1, 0.15) is 17.5 Å². The van der Waals surface area contributed by atoms with Gasteiger partial charge in [-0.05, 0) is 30.2 Å². The maximum atomic E-state index is 13.3. The van der Waals surface area contributed by atoms with Crippen LogP contribution in [0.15, 0.2) is 24.4 Å². The summed E-state index contributed by atoms with van der Waals surface area (Å²) in [6, 6.07) is 4.35. The second-order valence-corrected chi connectivity index (χ2v) is 9.15. The lowest BCUT2D eigenvalue weighted by molar-refractivity contribution is -0.137. The van der Waals surface area contributed by atoms with Crippen molar-refractivity contribution < 1.29 is 26.4 Å². The summed E-state index contributed by atoms with van der Waals surface area (Å²) in [6.45, 7) is 0. The first kappa shape index (κ1) is 19.4. The first-order chi connectivity index (χ1) is 13.6. The fourth-order valence-corrected chi connectivity index (χ4v) is 4.97. The molecule has 1 aromatic heterocycles. The Morgan fingerprint density at radius 2 is 2.03 bits per heavy atom. The molecular formula is C17H16F3N5O3S. The van der Waals surface area contributed by atoms with Gasteiger partial charge in [0.1, 0.15) is 11.4 Å². The molecule has 3 heterocycles. The van der Waals surface area contributed by atoms with E-state index in [1.54, 1.807) is 18.2 Å². The van der Waals surface area contributed by atoms with Crippen LogP contribution < -0.4 is 16.0 Å². The van der Waals surface area contributed by atoms with E-state index in [1.807, 2.05) is 0 Å². The van der Waals surface area contributed by atoms with Crippen LogP contribution >= 0.6 is 0 Å². The number of hydrogen-bond donors (Lipinski definition) is 3. The zero-order valence-electron chi connectivity index (χ0n) is 14.9. The number of benzene rings is 1. The summed E-state index contributed by atoms with van der Waals surface area (Å²) in [4.78, 5) is 19.1. The predicted molar refractivity (Wildman–Crippen MR) is 99.8 cm³/mol. The average molecular weight is 427 g/mol. The number of alkyl halides is 3. The van der Waals surface area contributed by atoms with Gasteiger partial charge in [-0.1, -0.05) is 0 Å². The van der Waals surface area contributed by atoms with Gasteiger partial charge >= 0.3 is 6.18 Å². The maximum Gasteiger partial charge on any atom is 0.421 e. The Balaban J connectivity index is 1.60. The molecule has 4 rings (SSSR count). The highest BCUT2D eigenvalue weighted by Gasteiger charge is 2.37. The number of halogens is 3. The second-order valence-electron chi connectivity index (χ2n) is 6.92. The van der Waals surface area contributed by atoms with E-state index in [-0.39, 0.29) is 36.2 Å². The molecule has 2 aliphatic heterocycles. The number of fused-ring (bicyclic) bond motifs is 1. The van der Waals surface area contributed by atoms with Crippen LogP contribution in [-0.4, -0.2) is 41.8 Å². The molecule has 0 saturated carbocycles. The van der Waals surface area contributed by atoms with Gasteiger partial charge in [-0.25, -0.2) is 13.4 Å². The second kappa shape index (κ2) is 6.87. The zero-order chi connectivity index (χ0) is 20.8. The molecule has 1 atom stereocenters. The summed E-state index contributed by atoms with van der Waals surface area (Å²) in [5, 5.41) is 8.11. The molecule has 1 aromatic carbocycles.